The molecule has 0 saturated heterocycles. The largest absolute Gasteiger partial charge is 0.331 e. The quantitative estimate of drug-likeness (QED) is 0.684. The number of fused-ring (bicyclic) bond motifs is 1. The summed E-state index contributed by atoms with van der Waals surface area (Å²) in [4.78, 5) is 16.6. The maximum Gasteiger partial charge on any atom is 0.170 e. The molecule has 0 unspecified atom stereocenters. The molecule has 0 spiro atoms. The normalized spacial score (nSPS) is 10.9. The summed E-state index contributed by atoms with van der Waals surface area (Å²) in [7, 11) is 1.89. The van der Waals surface area contributed by atoms with Gasteiger partial charge in [0.1, 0.15) is 11.6 Å². The first-order valence-corrected chi connectivity index (χ1v) is 6.34. The fraction of sp³-hybridized carbons (Fsp3) is 0.125. The van der Waals surface area contributed by atoms with Crippen LogP contribution in [-0.2, 0) is 13.5 Å². The number of aromatic nitrogens is 2. The maximum absolute atomic E-state index is 12.9. The van der Waals surface area contributed by atoms with Crippen LogP contribution in [0.3, 0.4) is 0 Å². The number of rotatable bonds is 3. The molecule has 1 heterocycles. The highest BCUT2D eigenvalue weighted by Gasteiger charge is 2.13. The SMILES string of the molecule is Cn1c(CC(=O)c2ccc(F)cc2)nc2ccccc21. The predicted octanol–water partition coefficient (Wildman–Crippen LogP) is 3.14. The molecule has 0 bridgehead atoms. The Bertz CT molecular complexity index is 775. The molecule has 0 aliphatic carbocycles. The van der Waals surface area contributed by atoms with E-state index >= 15 is 0 Å². The molecule has 1 aromatic heterocycles. The van der Waals surface area contributed by atoms with E-state index in [0.29, 0.717) is 11.4 Å². The second kappa shape index (κ2) is 4.89. The summed E-state index contributed by atoms with van der Waals surface area (Å²) in [6.07, 6.45) is 0.205. The zero-order valence-corrected chi connectivity index (χ0v) is 11.0. The van der Waals surface area contributed by atoms with Crippen molar-refractivity contribution in [2.75, 3.05) is 0 Å². The predicted molar refractivity (Wildman–Crippen MR) is 75.1 cm³/mol. The Morgan fingerprint density at radius 1 is 1.15 bits per heavy atom. The van der Waals surface area contributed by atoms with Crippen molar-refractivity contribution < 1.29 is 9.18 Å². The third kappa shape index (κ3) is 2.20. The first-order chi connectivity index (χ1) is 9.65. The standard InChI is InChI=1S/C16H13FN2O/c1-19-14-5-3-2-4-13(14)18-16(19)10-15(20)11-6-8-12(17)9-7-11/h2-9H,10H2,1H3. The van der Waals surface area contributed by atoms with Crippen LogP contribution in [0.1, 0.15) is 16.2 Å². The van der Waals surface area contributed by atoms with Gasteiger partial charge < -0.3 is 4.57 Å². The lowest BCUT2D eigenvalue weighted by Gasteiger charge is -2.02. The molecule has 0 aliphatic heterocycles. The number of hydrogen-bond donors (Lipinski definition) is 0. The number of Topliss-reactive ketones (excluding diaryl/α,β-unsaturated/α-hetero) is 1. The third-order valence-electron chi connectivity index (χ3n) is 3.36. The van der Waals surface area contributed by atoms with Crippen LogP contribution < -0.4 is 0 Å². The Hall–Kier alpha value is -2.49. The van der Waals surface area contributed by atoms with E-state index in [2.05, 4.69) is 4.98 Å². The summed E-state index contributed by atoms with van der Waals surface area (Å²) < 4.78 is 14.8. The maximum atomic E-state index is 12.9. The van der Waals surface area contributed by atoms with E-state index in [1.165, 1.54) is 24.3 Å². The van der Waals surface area contributed by atoms with Gasteiger partial charge in [-0.1, -0.05) is 12.1 Å². The molecule has 0 atom stereocenters. The molecule has 20 heavy (non-hydrogen) atoms. The second-order valence-corrected chi connectivity index (χ2v) is 4.68. The number of aryl methyl sites for hydroxylation is 1. The van der Waals surface area contributed by atoms with Crippen molar-refractivity contribution in [3.05, 3.63) is 65.7 Å². The van der Waals surface area contributed by atoms with Crippen molar-refractivity contribution in [1.29, 1.82) is 0 Å². The van der Waals surface area contributed by atoms with Gasteiger partial charge >= 0.3 is 0 Å². The van der Waals surface area contributed by atoms with Crippen molar-refractivity contribution >= 4 is 16.8 Å². The number of para-hydroxylation sites is 2. The molecule has 0 amide bonds. The van der Waals surface area contributed by atoms with Gasteiger partial charge in [0.05, 0.1) is 17.5 Å². The molecular weight excluding hydrogens is 255 g/mol. The Balaban J connectivity index is 1.91. The summed E-state index contributed by atoms with van der Waals surface area (Å²) in [5.41, 5.74) is 2.37. The summed E-state index contributed by atoms with van der Waals surface area (Å²) in [5.74, 6) is 0.299. The summed E-state index contributed by atoms with van der Waals surface area (Å²) in [6, 6.07) is 13.3. The van der Waals surface area contributed by atoms with Crippen molar-refractivity contribution in [2.45, 2.75) is 6.42 Å². The molecule has 0 radical (unpaired) electrons. The first-order valence-electron chi connectivity index (χ1n) is 6.34. The molecule has 3 nitrogen and oxygen atoms in total. The summed E-state index contributed by atoms with van der Waals surface area (Å²) >= 11 is 0. The fourth-order valence-corrected chi connectivity index (χ4v) is 2.23. The average Bonchev–Trinajstić information content (AvgIpc) is 2.77. The lowest BCUT2D eigenvalue weighted by Crippen LogP contribution is -2.08. The lowest BCUT2D eigenvalue weighted by atomic mass is 10.1. The van der Waals surface area contributed by atoms with E-state index in [1.807, 2.05) is 35.9 Å². The minimum atomic E-state index is -0.343. The number of halogens is 1. The van der Waals surface area contributed by atoms with Gasteiger partial charge in [-0.25, -0.2) is 9.37 Å². The van der Waals surface area contributed by atoms with E-state index in [1.54, 1.807) is 0 Å². The first kappa shape index (κ1) is 12.5. The van der Waals surface area contributed by atoms with Crippen molar-refractivity contribution in [1.82, 2.24) is 9.55 Å². The average molecular weight is 268 g/mol. The fourth-order valence-electron chi connectivity index (χ4n) is 2.23. The van der Waals surface area contributed by atoms with Crippen LogP contribution in [-0.4, -0.2) is 15.3 Å². The number of imidazole rings is 1. The monoisotopic (exact) mass is 268 g/mol. The Morgan fingerprint density at radius 3 is 2.55 bits per heavy atom. The number of hydrogen-bond acceptors (Lipinski definition) is 2. The van der Waals surface area contributed by atoms with Crippen LogP contribution in [0.15, 0.2) is 48.5 Å². The van der Waals surface area contributed by atoms with Crippen molar-refractivity contribution in [2.24, 2.45) is 7.05 Å². The van der Waals surface area contributed by atoms with E-state index < -0.39 is 0 Å². The van der Waals surface area contributed by atoms with E-state index in [9.17, 15) is 9.18 Å². The van der Waals surface area contributed by atoms with E-state index in [-0.39, 0.29) is 18.0 Å². The number of ketones is 1. The zero-order valence-electron chi connectivity index (χ0n) is 11.0. The van der Waals surface area contributed by atoms with Gasteiger partial charge in [0, 0.05) is 12.6 Å². The molecule has 3 aromatic rings. The Labute approximate surface area is 115 Å². The van der Waals surface area contributed by atoms with Gasteiger partial charge in [-0.2, -0.15) is 0 Å². The molecule has 4 heteroatoms. The topological polar surface area (TPSA) is 34.9 Å². The Kier molecular flexibility index (Phi) is 3.06. The second-order valence-electron chi connectivity index (χ2n) is 4.68. The highest BCUT2D eigenvalue weighted by atomic mass is 19.1. The summed E-state index contributed by atoms with van der Waals surface area (Å²) in [6.45, 7) is 0. The van der Waals surface area contributed by atoms with Gasteiger partial charge in [-0.3, -0.25) is 4.79 Å². The zero-order chi connectivity index (χ0) is 14.1. The van der Waals surface area contributed by atoms with Gasteiger partial charge in [-0.05, 0) is 36.4 Å². The van der Waals surface area contributed by atoms with Gasteiger partial charge in [0.2, 0.25) is 0 Å². The van der Waals surface area contributed by atoms with Crippen molar-refractivity contribution in [3.63, 3.8) is 0 Å². The van der Waals surface area contributed by atoms with Crippen LogP contribution >= 0.6 is 0 Å². The smallest absolute Gasteiger partial charge is 0.170 e. The van der Waals surface area contributed by atoms with E-state index in [4.69, 9.17) is 0 Å². The molecule has 100 valence electrons. The summed E-state index contributed by atoms with van der Waals surface area (Å²) in [5, 5.41) is 0. The minimum Gasteiger partial charge on any atom is -0.331 e. The number of carbonyl (C=O) groups is 1. The molecule has 2 aromatic carbocycles. The van der Waals surface area contributed by atoms with Crippen LogP contribution in [0.25, 0.3) is 11.0 Å². The molecule has 3 rings (SSSR count). The highest BCUT2D eigenvalue weighted by Crippen LogP contribution is 2.16. The molecule has 0 fully saturated rings. The van der Waals surface area contributed by atoms with Crippen LogP contribution in [0, 0.1) is 5.82 Å². The van der Waals surface area contributed by atoms with Crippen LogP contribution in [0.5, 0.6) is 0 Å². The molecule has 0 aliphatic rings. The van der Waals surface area contributed by atoms with Gasteiger partial charge in [-0.15, -0.1) is 0 Å². The molecule has 0 saturated carbocycles. The molecule has 0 N–H and O–H groups in total. The highest BCUT2D eigenvalue weighted by molar-refractivity contribution is 5.97. The van der Waals surface area contributed by atoms with Crippen LogP contribution in [0.2, 0.25) is 0 Å². The number of benzene rings is 2. The van der Waals surface area contributed by atoms with Gasteiger partial charge in [0.25, 0.3) is 0 Å². The lowest BCUT2D eigenvalue weighted by molar-refractivity contribution is 0.0990. The molecular formula is C16H13FN2O. The van der Waals surface area contributed by atoms with Gasteiger partial charge in [0.15, 0.2) is 5.78 Å². The van der Waals surface area contributed by atoms with Crippen LogP contribution in [0.4, 0.5) is 4.39 Å². The number of nitrogens with zero attached hydrogens (tertiary/aromatic N) is 2. The number of carbonyl (C=O) groups excluding carboxylic acids is 1. The third-order valence-corrected chi connectivity index (χ3v) is 3.36. The van der Waals surface area contributed by atoms with E-state index in [0.717, 1.165) is 11.0 Å². The van der Waals surface area contributed by atoms with Crippen molar-refractivity contribution in [3.8, 4) is 0 Å². The Morgan fingerprint density at radius 2 is 1.85 bits per heavy atom. The minimum absolute atomic E-state index is 0.0663.